The molecule has 1 aliphatic heterocycles. The SMILES string of the molecule is CCC1SCC(C(=O)O)N1C(=O)c1cc(Cl)ccc1OC. The van der Waals surface area contributed by atoms with Crippen LogP contribution in [0, 0.1) is 0 Å². The van der Waals surface area contributed by atoms with Crippen molar-refractivity contribution in [1.29, 1.82) is 0 Å². The Morgan fingerprint density at radius 2 is 2.24 bits per heavy atom. The third-order valence-corrected chi connectivity index (χ3v) is 5.04. The van der Waals surface area contributed by atoms with Gasteiger partial charge in [0.25, 0.3) is 5.91 Å². The lowest BCUT2D eigenvalue weighted by atomic mass is 10.1. The van der Waals surface area contributed by atoms with Crippen LogP contribution >= 0.6 is 23.4 Å². The van der Waals surface area contributed by atoms with Crippen LogP contribution in [0.25, 0.3) is 0 Å². The summed E-state index contributed by atoms with van der Waals surface area (Å²) in [4.78, 5) is 25.6. The van der Waals surface area contributed by atoms with Crippen LogP contribution in [0.4, 0.5) is 0 Å². The molecule has 5 nitrogen and oxygen atoms in total. The molecule has 1 fully saturated rings. The third kappa shape index (κ3) is 3.11. The van der Waals surface area contributed by atoms with Crippen molar-refractivity contribution >= 4 is 35.2 Å². The van der Waals surface area contributed by atoms with E-state index in [4.69, 9.17) is 16.3 Å². The van der Waals surface area contributed by atoms with E-state index in [9.17, 15) is 14.7 Å². The summed E-state index contributed by atoms with van der Waals surface area (Å²) < 4.78 is 5.19. The molecule has 2 atom stereocenters. The summed E-state index contributed by atoms with van der Waals surface area (Å²) in [6, 6.07) is 3.92. The fraction of sp³-hybridized carbons (Fsp3) is 0.429. The highest BCUT2D eigenvalue weighted by Crippen LogP contribution is 2.34. The second kappa shape index (κ2) is 6.58. The topological polar surface area (TPSA) is 66.8 Å². The molecule has 1 N–H and O–H groups in total. The largest absolute Gasteiger partial charge is 0.496 e. The van der Waals surface area contributed by atoms with Gasteiger partial charge in [0.15, 0.2) is 0 Å². The molecule has 0 spiro atoms. The first kappa shape index (κ1) is 16.0. The lowest BCUT2D eigenvalue weighted by molar-refractivity contribution is -0.141. The molecule has 0 saturated carbocycles. The van der Waals surface area contributed by atoms with Crippen molar-refractivity contribution in [3.05, 3.63) is 28.8 Å². The highest BCUT2D eigenvalue weighted by molar-refractivity contribution is 8.00. The van der Waals surface area contributed by atoms with Crippen molar-refractivity contribution in [2.75, 3.05) is 12.9 Å². The molecular weight excluding hydrogens is 314 g/mol. The Bertz CT molecular complexity index is 566. The molecule has 2 rings (SSSR count). The normalized spacial score (nSPS) is 21.4. The van der Waals surface area contributed by atoms with Gasteiger partial charge < -0.3 is 14.7 Å². The number of hydrogen-bond donors (Lipinski definition) is 1. The number of carbonyl (C=O) groups excluding carboxylic acids is 1. The van der Waals surface area contributed by atoms with Gasteiger partial charge in [-0.05, 0) is 24.6 Å². The van der Waals surface area contributed by atoms with Gasteiger partial charge in [0.2, 0.25) is 0 Å². The molecule has 1 saturated heterocycles. The number of methoxy groups -OCH3 is 1. The molecule has 7 heteroatoms. The lowest BCUT2D eigenvalue weighted by Gasteiger charge is -2.27. The van der Waals surface area contributed by atoms with Crippen molar-refractivity contribution < 1.29 is 19.4 Å². The van der Waals surface area contributed by atoms with E-state index in [0.29, 0.717) is 22.9 Å². The van der Waals surface area contributed by atoms with E-state index >= 15 is 0 Å². The third-order valence-electron chi connectivity index (χ3n) is 3.35. The highest BCUT2D eigenvalue weighted by atomic mass is 35.5. The second-order valence-corrected chi connectivity index (χ2v) is 6.25. The van der Waals surface area contributed by atoms with Crippen LogP contribution in [0.15, 0.2) is 18.2 Å². The van der Waals surface area contributed by atoms with Gasteiger partial charge in [0.1, 0.15) is 11.8 Å². The summed E-state index contributed by atoms with van der Waals surface area (Å²) in [5.41, 5.74) is 0.289. The molecule has 0 bridgehead atoms. The molecule has 0 aromatic heterocycles. The molecular formula is C14H16ClNO4S. The number of hydrogen-bond acceptors (Lipinski definition) is 4. The number of thioether (sulfide) groups is 1. The van der Waals surface area contributed by atoms with Crippen molar-refractivity contribution in [2.45, 2.75) is 24.8 Å². The molecule has 21 heavy (non-hydrogen) atoms. The minimum Gasteiger partial charge on any atom is -0.496 e. The van der Waals surface area contributed by atoms with E-state index in [-0.39, 0.29) is 16.8 Å². The van der Waals surface area contributed by atoms with Crippen LogP contribution in [-0.4, -0.2) is 46.2 Å². The Morgan fingerprint density at radius 1 is 1.52 bits per heavy atom. The Labute approximate surface area is 132 Å². The molecule has 1 aromatic rings. The number of nitrogens with zero attached hydrogens (tertiary/aromatic N) is 1. The fourth-order valence-electron chi connectivity index (χ4n) is 2.33. The standard InChI is InChI=1S/C14H16ClNO4S/c1-3-12-16(10(7-21-12)14(18)19)13(17)9-6-8(15)4-5-11(9)20-2/h4-6,10,12H,3,7H2,1-2H3,(H,18,19). The summed E-state index contributed by atoms with van der Waals surface area (Å²) in [5.74, 6) is -0.575. The Balaban J connectivity index is 2.41. The van der Waals surface area contributed by atoms with Crippen molar-refractivity contribution in [2.24, 2.45) is 0 Å². The van der Waals surface area contributed by atoms with Gasteiger partial charge >= 0.3 is 5.97 Å². The van der Waals surface area contributed by atoms with Gasteiger partial charge in [-0.1, -0.05) is 18.5 Å². The van der Waals surface area contributed by atoms with Gasteiger partial charge in [0.05, 0.1) is 18.0 Å². The van der Waals surface area contributed by atoms with Gasteiger partial charge in [-0.15, -0.1) is 11.8 Å². The average molecular weight is 330 g/mol. The van der Waals surface area contributed by atoms with Crippen LogP contribution in [0.3, 0.4) is 0 Å². The smallest absolute Gasteiger partial charge is 0.327 e. The van der Waals surface area contributed by atoms with Gasteiger partial charge in [-0.2, -0.15) is 0 Å². The summed E-state index contributed by atoms with van der Waals surface area (Å²) in [5, 5.41) is 9.57. The number of amides is 1. The number of benzene rings is 1. The number of halogens is 1. The number of carboxylic acids is 1. The number of carbonyl (C=O) groups is 2. The van der Waals surface area contributed by atoms with Crippen molar-refractivity contribution in [3.63, 3.8) is 0 Å². The molecule has 1 aromatic carbocycles. The Hall–Kier alpha value is -1.40. The van der Waals surface area contributed by atoms with E-state index in [1.807, 2.05) is 6.92 Å². The van der Waals surface area contributed by atoms with E-state index in [1.54, 1.807) is 12.1 Å². The van der Waals surface area contributed by atoms with Gasteiger partial charge in [-0.3, -0.25) is 4.79 Å². The predicted octanol–water partition coefficient (Wildman–Crippen LogP) is 2.73. The first-order valence-corrected chi connectivity index (χ1v) is 7.92. The van der Waals surface area contributed by atoms with Crippen LogP contribution in [0.1, 0.15) is 23.7 Å². The molecule has 1 amide bonds. The number of ether oxygens (including phenoxy) is 1. The minimum atomic E-state index is -0.993. The van der Waals surface area contributed by atoms with Crippen LogP contribution in [0.5, 0.6) is 5.75 Å². The summed E-state index contributed by atoms with van der Waals surface area (Å²) in [6.07, 6.45) is 0.684. The molecule has 2 unspecified atom stereocenters. The summed E-state index contributed by atoms with van der Waals surface area (Å²) in [7, 11) is 1.46. The van der Waals surface area contributed by atoms with Crippen LogP contribution < -0.4 is 4.74 Å². The van der Waals surface area contributed by atoms with Gasteiger partial charge in [-0.25, -0.2) is 4.79 Å². The Morgan fingerprint density at radius 3 is 2.81 bits per heavy atom. The fourth-order valence-corrected chi connectivity index (χ4v) is 3.85. The average Bonchev–Trinajstić information content (AvgIpc) is 2.90. The quantitative estimate of drug-likeness (QED) is 0.920. The maximum absolute atomic E-state index is 12.8. The molecule has 0 aliphatic carbocycles. The zero-order valence-electron chi connectivity index (χ0n) is 11.7. The van der Waals surface area contributed by atoms with Crippen LogP contribution in [-0.2, 0) is 4.79 Å². The minimum absolute atomic E-state index is 0.151. The molecule has 114 valence electrons. The zero-order chi connectivity index (χ0) is 15.6. The maximum Gasteiger partial charge on any atom is 0.327 e. The van der Waals surface area contributed by atoms with Crippen LogP contribution in [0.2, 0.25) is 5.02 Å². The van der Waals surface area contributed by atoms with E-state index in [2.05, 4.69) is 0 Å². The predicted molar refractivity (Wildman–Crippen MR) is 82.1 cm³/mol. The van der Waals surface area contributed by atoms with E-state index in [1.165, 1.54) is 29.8 Å². The highest BCUT2D eigenvalue weighted by Gasteiger charge is 2.41. The van der Waals surface area contributed by atoms with Crippen molar-refractivity contribution in [3.8, 4) is 5.75 Å². The zero-order valence-corrected chi connectivity index (χ0v) is 13.3. The first-order valence-electron chi connectivity index (χ1n) is 6.50. The second-order valence-electron chi connectivity index (χ2n) is 4.61. The monoisotopic (exact) mass is 329 g/mol. The molecule has 1 aliphatic rings. The number of aliphatic carboxylic acids is 1. The number of carboxylic acid groups (broad SMARTS) is 1. The Kier molecular flexibility index (Phi) is 5.00. The molecule has 0 radical (unpaired) electrons. The van der Waals surface area contributed by atoms with E-state index < -0.39 is 12.0 Å². The lowest BCUT2D eigenvalue weighted by Crippen LogP contribution is -2.45. The van der Waals surface area contributed by atoms with Gasteiger partial charge in [0, 0.05) is 10.8 Å². The van der Waals surface area contributed by atoms with E-state index in [0.717, 1.165) is 0 Å². The maximum atomic E-state index is 12.8. The van der Waals surface area contributed by atoms with Crippen molar-refractivity contribution in [1.82, 2.24) is 4.90 Å². The molecule has 1 heterocycles. The first-order chi connectivity index (χ1) is 9.99. The summed E-state index contributed by atoms with van der Waals surface area (Å²) >= 11 is 7.42. The summed E-state index contributed by atoms with van der Waals surface area (Å²) in [6.45, 7) is 1.93. The number of rotatable bonds is 4.